The molecule has 20 heavy (non-hydrogen) atoms. The third kappa shape index (κ3) is 3.41. The number of ether oxygens (including phenoxy) is 1. The summed E-state index contributed by atoms with van der Waals surface area (Å²) in [5, 5.41) is 6.26. The summed E-state index contributed by atoms with van der Waals surface area (Å²) in [7, 11) is 1.69. The number of methoxy groups -OCH3 is 1. The maximum Gasteiger partial charge on any atom is 0.251 e. The van der Waals surface area contributed by atoms with Crippen molar-refractivity contribution in [1.29, 1.82) is 0 Å². The van der Waals surface area contributed by atoms with E-state index in [9.17, 15) is 4.79 Å². The van der Waals surface area contributed by atoms with Gasteiger partial charge in [0.1, 0.15) is 11.0 Å². The number of hydrogen-bond donors (Lipinski definition) is 2. The molecule has 1 saturated carbocycles. The molecule has 1 fully saturated rings. The van der Waals surface area contributed by atoms with Crippen molar-refractivity contribution in [3.63, 3.8) is 0 Å². The Morgan fingerprint density at radius 3 is 2.80 bits per heavy atom. The molecule has 0 aliphatic heterocycles. The lowest BCUT2D eigenvalue weighted by molar-refractivity contribution is -0.0679. The van der Waals surface area contributed by atoms with Crippen LogP contribution in [0.5, 0.6) is 0 Å². The average Bonchev–Trinajstić information content (AvgIpc) is 2.37. The van der Waals surface area contributed by atoms with Crippen molar-refractivity contribution in [2.45, 2.75) is 31.8 Å². The second-order valence-corrected chi connectivity index (χ2v) is 5.40. The summed E-state index contributed by atoms with van der Waals surface area (Å²) in [6.45, 7) is 3.21. The number of anilines is 1. The van der Waals surface area contributed by atoms with Crippen LogP contribution in [0.3, 0.4) is 0 Å². The van der Waals surface area contributed by atoms with Crippen molar-refractivity contribution in [3.05, 3.63) is 22.8 Å². The number of aromatic nitrogens is 1. The number of carbonyl (C=O) groups excluding carboxylic acids is 1. The van der Waals surface area contributed by atoms with Gasteiger partial charge in [-0.25, -0.2) is 4.98 Å². The highest BCUT2D eigenvalue weighted by molar-refractivity contribution is 6.29. The Balaban J connectivity index is 2.01. The second kappa shape index (κ2) is 6.41. The normalized spacial score (nSPS) is 16.4. The van der Waals surface area contributed by atoms with Crippen LogP contribution in [0.4, 0.5) is 5.82 Å². The van der Waals surface area contributed by atoms with E-state index in [4.69, 9.17) is 16.3 Å². The second-order valence-electron chi connectivity index (χ2n) is 5.02. The van der Waals surface area contributed by atoms with Gasteiger partial charge in [0.05, 0.1) is 5.60 Å². The maximum absolute atomic E-state index is 12.2. The number of carbonyl (C=O) groups is 1. The van der Waals surface area contributed by atoms with Crippen molar-refractivity contribution >= 4 is 23.3 Å². The Morgan fingerprint density at radius 1 is 1.50 bits per heavy atom. The lowest BCUT2D eigenvalue weighted by Gasteiger charge is -2.40. The zero-order valence-electron chi connectivity index (χ0n) is 11.8. The smallest absolute Gasteiger partial charge is 0.251 e. The number of hydrogen-bond acceptors (Lipinski definition) is 4. The highest BCUT2D eigenvalue weighted by Crippen LogP contribution is 2.34. The first kappa shape index (κ1) is 15.1. The lowest BCUT2D eigenvalue weighted by atomic mass is 9.80. The molecule has 0 bridgehead atoms. The zero-order valence-corrected chi connectivity index (χ0v) is 12.6. The molecule has 5 nitrogen and oxygen atoms in total. The summed E-state index contributed by atoms with van der Waals surface area (Å²) in [6, 6.07) is 3.27. The number of nitrogens with zero attached hydrogens (tertiary/aromatic N) is 1. The predicted octanol–water partition coefficient (Wildman–Crippen LogP) is 2.47. The molecular formula is C14H20ClN3O2. The molecule has 6 heteroatoms. The van der Waals surface area contributed by atoms with Crippen LogP contribution in [0.2, 0.25) is 5.15 Å². The van der Waals surface area contributed by atoms with Crippen molar-refractivity contribution < 1.29 is 9.53 Å². The third-order valence-electron chi connectivity index (χ3n) is 3.68. The fraction of sp³-hybridized carbons (Fsp3) is 0.571. The monoisotopic (exact) mass is 297 g/mol. The minimum atomic E-state index is -0.184. The minimum absolute atomic E-state index is 0.156. The summed E-state index contributed by atoms with van der Waals surface area (Å²) in [6.07, 6.45) is 3.13. The summed E-state index contributed by atoms with van der Waals surface area (Å²) in [5.74, 6) is 0.451. The molecule has 0 unspecified atom stereocenters. The molecule has 1 heterocycles. The van der Waals surface area contributed by atoms with E-state index < -0.39 is 0 Å². The van der Waals surface area contributed by atoms with Gasteiger partial charge < -0.3 is 15.4 Å². The average molecular weight is 298 g/mol. The van der Waals surface area contributed by atoms with Crippen LogP contribution in [0.1, 0.15) is 36.5 Å². The number of rotatable bonds is 6. The van der Waals surface area contributed by atoms with Crippen molar-refractivity contribution in [3.8, 4) is 0 Å². The van der Waals surface area contributed by atoms with Gasteiger partial charge in [-0.15, -0.1) is 0 Å². The Hall–Kier alpha value is -1.33. The van der Waals surface area contributed by atoms with Crippen LogP contribution in [-0.2, 0) is 4.74 Å². The van der Waals surface area contributed by atoms with Gasteiger partial charge in [0.25, 0.3) is 5.91 Å². The molecule has 0 saturated heterocycles. The molecule has 110 valence electrons. The topological polar surface area (TPSA) is 63.2 Å². The molecule has 1 aliphatic carbocycles. The molecule has 1 aromatic rings. The van der Waals surface area contributed by atoms with E-state index in [0.717, 1.165) is 25.8 Å². The largest absolute Gasteiger partial charge is 0.376 e. The van der Waals surface area contributed by atoms with Crippen molar-refractivity contribution in [2.75, 3.05) is 25.5 Å². The van der Waals surface area contributed by atoms with E-state index in [2.05, 4.69) is 15.6 Å². The fourth-order valence-corrected chi connectivity index (χ4v) is 2.48. The van der Waals surface area contributed by atoms with E-state index in [1.807, 2.05) is 6.92 Å². The van der Waals surface area contributed by atoms with Crippen molar-refractivity contribution in [1.82, 2.24) is 10.3 Å². The number of halogens is 1. The van der Waals surface area contributed by atoms with E-state index in [1.165, 1.54) is 0 Å². The van der Waals surface area contributed by atoms with Gasteiger partial charge in [-0.2, -0.15) is 0 Å². The Morgan fingerprint density at radius 2 is 2.25 bits per heavy atom. The highest BCUT2D eigenvalue weighted by atomic mass is 35.5. The molecule has 0 aromatic carbocycles. The molecule has 1 aromatic heterocycles. The van der Waals surface area contributed by atoms with Crippen LogP contribution in [0, 0.1) is 0 Å². The molecule has 0 radical (unpaired) electrons. The van der Waals surface area contributed by atoms with Crippen molar-refractivity contribution in [2.24, 2.45) is 0 Å². The first-order valence-corrected chi connectivity index (χ1v) is 7.21. The Kier molecular flexibility index (Phi) is 4.83. The molecule has 2 rings (SSSR count). The van der Waals surface area contributed by atoms with E-state index >= 15 is 0 Å². The standard InChI is InChI=1S/C14H20ClN3O2/c1-3-16-12-8-10(7-11(15)18-12)13(19)17-9-14(20-2)5-4-6-14/h7-8H,3-6,9H2,1-2H3,(H,16,18)(H,17,19). The first-order valence-electron chi connectivity index (χ1n) is 6.83. The first-order chi connectivity index (χ1) is 9.58. The van der Waals surface area contributed by atoms with Gasteiger partial charge in [0, 0.05) is 25.8 Å². The summed E-state index contributed by atoms with van der Waals surface area (Å²) in [5.41, 5.74) is 0.322. The number of nitrogens with one attached hydrogen (secondary N) is 2. The number of amides is 1. The summed E-state index contributed by atoms with van der Waals surface area (Å²) < 4.78 is 5.48. The zero-order chi connectivity index (χ0) is 14.6. The minimum Gasteiger partial charge on any atom is -0.376 e. The lowest BCUT2D eigenvalue weighted by Crippen LogP contribution is -2.49. The molecule has 2 N–H and O–H groups in total. The van der Waals surface area contributed by atoms with E-state index in [0.29, 0.717) is 23.1 Å². The quantitative estimate of drug-likeness (QED) is 0.792. The predicted molar refractivity (Wildman–Crippen MR) is 79.3 cm³/mol. The fourth-order valence-electron chi connectivity index (χ4n) is 2.27. The van der Waals surface area contributed by atoms with Gasteiger partial charge in [-0.3, -0.25) is 4.79 Å². The molecule has 1 amide bonds. The number of pyridine rings is 1. The summed E-state index contributed by atoms with van der Waals surface area (Å²) in [4.78, 5) is 16.3. The van der Waals surface area contributed by atoms with Gasteiger partial charge in [0.15, 0.2) is 0 Å². The van der Waals surface area contributed by atoms with E-state index in [1.54, 1.807) is 19.2 Å². The molecular weight excluding hydrogens is 278 g/mol. The van der Waals surface area contributed by atoms with Crippen LogP contribution in [0.25, 0.3) is 0 Å². The Labute approximate surface area is 124 Å². The molecule has 0 atom stereocenters. The van der Waals surface area contributed by atoms with E-state index in [-0.39, 0.29) is 11.5 Å². The summed E-state index contributed by atoms with van der Waals surface area (Å²) >= 11 is 5.93. The van der Waals surface area contributed by atoms with Gasteiger partial charge in [0.2, 0.25) is 0 Å². The SMILES string of the molecule is CCNc1cc(C(=O)NCC2(OC)CCC2)cc(Cl)n1. The van der Waals surface area contributed by atoms with Crippen LogP contribution in [-0.4, -0.2) is 36.7 Å². The van der Waals surface area contributed by atoms with Gasteiger partial charge >= 0.3 is 0 Å². The third-order valence-corrected chi connectivity index (χ3v) is 3.88. The van der Waals surface area contributed by atoms with Crippen LogP contribution in [0.15, 0.2) is 12.1 Å². The highest BCUT2D eigenvalue weighted by Gasteiger charge is 2.37. The molecule has 0 spiro atoms. The van der Waals surface area contributed by atoms with Gasteiger partial charge in [-0.1, -0.05) is 11.6 Å². The maximum atomic E-state index is 12.2. The molecule has 1 aliphatic rings. The van der Waals surface area contributed by atoms with Gasteiger partial charge in [-0.05, 0) is 38.3 Å². The van der Waals surface area contributed by atoms with Crippen LogP contribution < -0.4 is 10.6 Å². The Bertz CT molecular complexity index is 484. The van der Waals surface area contributed by atoms with Crippen LogP contribution >= 0.6 is 11.6 Å².